The number of amides is 1. The van der Waals surface area contributed by atoms with Crippen molar-refractivity contribution in [2.24, 2.45) is 11.8 Å². The van der Waals surface area contributed by atoms with Crippen LogP contribution < -0.4 is 5.32 Å². The number of aliphatic carboxylic acids is 1. The zero-order chi connectivity index (χ0) is 15.1. The van der Waals surface area contributed by atoms with E-state index >= 15 is 0 Å². The van der Waals surface area contributed by atoms with Gasteiger partial charge in [0.25, 0.3) is 0 Å². The first-order valence-electron chi connectivity index (χ1n) is 7.97. The first-order chi connectivity index (χ1) is 10.2. The molecule has 0 aromatic rings. The third-order valence-electron chi connectivity index (χ3n) is 4.45. The number of rotatable bonds is 6. The molecular weight excluding hydrogens is 272 g/mol. The van der Waals surface area contributed by atoms with Crippen molar-refractivity contribution < 1.29 is 19.4 Å². The Morgan fingerprint density at radius 3 is 2.62 bits per heavy atom. The molecule has 1 saturated heterocycles. The van der Waals surface area contributed by atoms with Crippen molar-refractivity contribution in [3.63, 3.8) is 0 Å². The molecule has 1 amide bonds. The maximum Gasteiger partial charge on any atom is 0.306 e. The number of carboxylic acids is 1. The fourth-order valence-corrected chi connectivity index (χ4v) is 3.14. The van der Waals surface area contributed by atoms with Crippen LogP contribution in [-0.2, 0) is 14.3 Å². The van der Waals surface area contributed by atoms with E-state index in [0.717, 1.165) is 52.1 Å². The molecule has 2 aliphatic rings. The average Bonchev–Trinajstić information content (AvgIpc) is 2.52. The number of nitrogens with zero attached hydrogens (tertiary/aromatic N) is 1. The lowest BCUT2D eigenvalue weighted by Gasteiger charge is -2.27. The molecule has 0 spiro atoms. The largest absolute Gasteiger partial charge is 0.481 e. The molecule has 1 saturated carbocycles. The molecule has 0 radical (unpaired) electrons. The van der Waals surface area contributed by atoms with Gasteiger partial charge in [-0.2, -0.15) is 0 Å². The van der Waals surface area contributed by atoms with Crippen LogP contribution in [0.5, 0.6) is 0 Å². The Balaban J connectivity index is 1.61. The number of ether oxygens (including phenoxy) is 1. The van der Waals surface area contributed by atoms with E-state index in [2.05, 4.69) is 10.2 Å². The highest BCUT2D eigenvalue weighted by Crippen LogP contribution is 2.29. The van der Waals surface area contributed by atoms with E-state index in [9.17, 15) is 9.59 Å². The summed E-state index contributed by atoms with van der Waals surface area (Å²) in [5, 5.41) is 12.0. The van der Waals surface area contributed by atoms with Crippen molar-refractivity contribution in [3.8, 4) is 0 Å². The van der Waals surface area contributed by atoms with Crippen LogP contribution >= 0.6 is 0 Å². The van der Waals surface area contributed by atoms with Gasteiger partial charge in [0.05, 0.1) is 19.1 Å². The van der Waals surface area contributed by atoms with Crippen LogP contribution in [-0.4, -0.2) is 61.3 Å². The van der Waals surface area contributed by atoms with Crippen LogP contribution in [0.1, 0.15) is 32.1 Å². The Kier molecular flexibility index (Phi) is 6.45. The minimum Gasteiger partial charge on any atom is -0.481 e. The van der Waals surface area contributed by atoms with Gasteiger partial charge in [-0.15, -0.1) is 0 Å². The van der Waals surface area contributed by atoms with E-state index in [-0.39, 0.29) is 17.7 Å². The van der Waals surface area contributed by atoms with Gasteiger partial charge in [-0.3, -0.25) is 14.5 Å². The van der Waals surface area contributed by atoms with Gasteiger partial charge in [-0.25, -0.2) is 0 Å². The number of carboxylic acid groups (broad SMARTS) is 1. The molecule has 0 bridgehead atoms. The van der Waals surface area contributed by atoms with Crippen molar-refractivity contribution in [1.82, 2.24) is 10.2 Å². The molecule has 1 aliphatic heterocycles. The number of hydrogen-bond donors (Lipinski definition) is 2. The summed E-state index contributed by atoms with van der Waals surface area (Å²) in [6.07, 6.45) is 3.78. The van der Waals surface area contributed by atoms with E-state index in [1.54, 1.807) is 0 Å². The summed E-state index contributed by atoms with van der Waals surface area (Å²) in [4.78, 5) is 25.4. The van der Waals surface area contributed by atoms with Crippen LogP contribution in [0.25, 0.3) is 0 Å². The molecule has 0 aromatic carbocycles. The van der Waals surface area contributed by atoms with Crippen molar-refractivity contribution in [3.05, 3.63) is 0 Å². The first-order valence-corrected chi connectivity index (χ1v) is 7.97. The topological polar surface area (TPSA) is 78.9 Å². The Morgan fingerprint density at radius 1 is 1.19 bits per heavy atom. The molecule has 6 nitrogen and oxygen atoms in total. The molecule has 6 heteroatoms. The first kappa shape index (κ1) is 16.2. The van der Waals surface area contributed by atoms with Gasteiger partial charge in [0.2, 0.25) is 5.91 Å². The maximum atomic E-state index is 12.1. The Hall–Kier alpha value is -1.14. The van der Waals surface area contributed by atoms with Crippen molar-refractivity contribution in [2.75, 3.05) is 39.4 Å². The van der Waals surface area contributed by atoms with E-state index in [1.165, 1.54) is 0 Å². The number of hydrogen-bond acceptors (Lipinski definition) is 4. The van der Waals surface area contributed by atoms with Gasteiger partial charge in [-0.05, 0) is 32.2 Å². The average molecular weight is 298 g/mol. The van der Waals surface area contributed by atoms with Crippen LogP contribution in [0, 0.1) is 11.8 Å². The summed E-state index contributed by atoms with van der Waals surface area (Å²) in [5.41, 5.74) is 0. The van der Waals surface area contributed by atoms with Crippen LogP contribution in [0.15, 0.2) is 0 Å². The predicted octanol–water partition coefficient (Wildman–Crippen LogP) is 0.716. The second kappa shape index (κ2) is 8.34. The highest BCUT2D eigenvalue weighted by atomic mass is 16.5. The van der Waals surface area contributed by atoms with Crippen LogP contribution in [0.3, 0.4) is 0 Å². The zero-order valence-corrected chi connectivity index (χ0v) is 12.6. The Morgan fingerprint density at radius 2 is 1.90 bits per heavy atom. The summed E-state index contributed by atoms with van der Waals surface area (Å²) in [7, 11) is 0. The lowest BCUT2D eigenvalue weighted by Crippen LogP contribution is -2.39. The minimum absolute atomic E-state index is 0.0305. The zero-order valence-electron chi connectivity index (χ0n) is 12.6. The van der Waals surface area contributed by atoms with Gasteiger partial charge in [-0.1, -0.05) is 6.42 Å². The third kappa shape index (κ3) is 5.28. The molecule has 2 fully saturated rings. The fraction of sp³-hybridized carbons (Fsp3) is 0.867. The van der Waals surface area contributed by atoms with Gasteiger partial charge < -0.3 is 15.2 Å². The standard InChI is InChI=1S/C15H26N2O4/c18-14(12-3-1-4-13(11-12)15(19)20)16-5-2-6-17-7-9-21-10-8-17/h12-13H,1-11H2,(H,16,18)(H,19,20). The second-order valence-corrected chi connectivity index (χ2v) is 6.00. The molecule has 1 heterocycles. The van der Waals surface area contributed by atoms with Crippen LogP contribution in [0.4, 0.5) is 0 Å². The number of nitrogens with one attached hydrogen (secondary N) is 1. The molecule has 2 atom stereocenters. The van der Waals surface area contributed by atoms with Gasteiger partial charge in [0.15, 0.2) is 0 Å². The minimum atomic E-state index is -0.764. The van der Waals surface area contributed by atoms with Gasteiger partial charge in [0.1, 0.15) is 0 Å². The summed E-state index contributed by atoms with van der Waals surface area (Å²) < 4.78 is 5.29. The second-order valence-electron chi connectivity index (χ2n) is 6.00. The van der Waals surface area contributed by atoms with Crippen LogP contribution in [0.2, 0.25) is 0 Å². The molecule has 2 rings (SSSR count). The van der Waals surface area contributed by atoms with Gasteiger partial charge >= 0.3 is 5.97 Å². The number of morpholine rings is 1. The summed E-state index contributed by atoms with van der Waals surface area (Å²) in [6, 6.07) is 0. The molecular formula is C15H26N2O4. The van der Waals surface area contributed by atoms with E-state index < -0.39 is 5.97 Å². The summed E-state index contributed by atoms with van der Waals surface area (Å²) in [5.74, 6) is -1.20. The van der Waals surface area contributed by atoms with Gasteiger partial charge in [0, 0.05) is 25.6 Å². The van der Waals surface area contributed by atoms with E-state index in [1.807, 2.05) is 0 Å². The lowest BCUT2D eigenvalue weighted by atomic mass is 9.81. The Labute approximate surface area is 125 Å². The van der Waals surface area contributed by atoms with E-state index in [0.29, 0.717) is 19.4 Å². The monoisotopic (exact) mass is 298 g/mol. The Bertz CT molecular complexity index is 356. The summed E-state index contributed by atoms with van der Waals surface area (Å²) >= 11 is 0. The smallest absolute Gasteiger partial charge is 0.306 e. The highest BCUT2D eigenvalue weighted by Gasteiger charge is 2.30. The molecule has 2 N–H and O–H groups in total. The van der Waals surface area contributed by atoms with Crippen molar-refractivity contribution in [2.45, 2.75) is 32.1 Å². The molecule has 2 unspecified atom stereocenters. The predicted molar refractivity (Wildman–Crippen MR) is 78.0 cm³/mol. The SMILES string of the molecule is O=C(O)C1CCCC(C(=O)NCCCN2CCOCC2)C1. The number of carbonyl (C=O) groups is 2. The molecule has 0 aromatic heterocycles. The van der Waals surface area contributed by atoms with Crippen molar-refractivity contribution in [1.29, 1.82) is 0 Å². The number of carbonyl (C=O) groups excluding carboxylic acids is 1. The normalized spacial score (nSPS) is 27.2. The van der Waals surface area contributed by atoms with Crippen molar-refractivity contribution >= 4 is 11.9 Å². The highest BCUT2D eigenvalue weighted by molar-refractivity contribution is 5.80. The maximum absolute atomic E-state index is 12.1. The quantitative estimate of drug-likeness (QED) is 0.706. The van der Waals surface area contributed by atoms with E-state index in [4.69, 9.17) is 9.84 Å². The molecule has 120 valence electrons. The lowest BCUT2D eigenvalue weighted by molar-refractivity contribution is -0.144. The summed E-state index contributed by atoms with van der Waals surface area (Å²) in [6.45, 7) is 5.18. The molecule has 1 aliphatic carbocycles. The molecule has 21 heavy (non-hydrogen) atoms. The third-order valence-corrected chi connectivity index (χ3v) is 4.45. The fourth-order valence-electron chi connectivity index (χ4n) is 3.14.